The Balaban J connectivity index is 1.77. The van der Waals surface area contributed by atoms with E-state index in [0.717, 1.165) is 44.5 Å². The molecule has 1 amide bonds. The van der Waals surface area contributed by atoms with Crippen molar-refractivity contribution in [3.63, 3.8) is 0 Å². The van der Waals surface area contributed by atoms with Gasteiger partial charge in [0.1, 0.15) is 0 Å². The number of hydrogen-bond acceptors (Lipinski definition) is 3. The Kier molecular flexibility index (Phi) is 3.19. The lowest BCUT2D eigenvalue weighted by molar-refractivity contribution is 0.0714. The van der Waals surface area contributed by atoms with Crippen molar-refractivity contribution in [2.45, 2.75) is 25.3 Å². The molecule has 0 aliphatic carbocycles. The third-order valence-corrected chi connectivity index (χ3v) is 4.28. The lowest BCUT2D eigenvalue weighted by Crippen LogP contribution is -2.42. The zero-order valence-corrected chi connectivity index (χ0v) is 11.4. The van der Waals surface area contributed by atoms with Crippen LogP contribution in [0.25, 0.3) is 0 Å². The maximum atomic E-state index is 12.5. The molecule has 0 radical (unpaired) electrons. The number of carbonyl (C=O) groups is 1. The molecule has 0 atom stereocenters. The van der Waals surface area contributed by atoms with E-state index in [0.29, 0.717) is 0 Å². The number of rotatable bonds is 1. The van der Waals surface area contributed by atoms with Crippen LogP contribution in [0.2, 0.25) is 0 Å². The van der Waals surface area contributed by atoms with Gasteiger partial charge in [0.25, 0.3) is 5.91 Å². The summed E-state index contributed by atoms with van der Waals surface area (Å²) >= 11 is 0. The van der Waals surface area contributed by atoms with Crippen molar-refractivity contribution in [1.82, 2.24) is 4.90 Å². The number of anilines is 1. The van der Waals surface area contributed by atoms with Crippen molar-refractivity contribution in [3.05, 3.63) is 29.3 Å². The highest BCUT2D eigenvalue weighted by molar-refractivity contribution is 5.95. The molecule has 102 valence electrons. The molecule has 4 nitrogen and oxygen atoms in total. The van der Waals surface area contributed by atoms with E-state index in [9.17, 15) is 4.79 Å². The van der Waals surface area contributed by atoms with Gasteiger partial charge < -0.3 is 15.5 Å². The molecule has 1 aromatic carbocycles. The van der Waals surface area contributed by atoms with E-state index in [1.54, 1.807) is 0 Å². The number of nitrogens with zero attached hydrogens (tertiary/aromatic N) is 2. The van der Waals surface area contributed by atoms with Crippen molar-refractivity contribution in [1.29, 1.82) is 0 Å². The van der Waals surface area contributed by atoms with Crippen molar-refractivity contribution >= 4 is 11.6 Å². The Morgan fingerprint density at radius 1 is 1.26 bits per heavy atom. The number of hydrogen-bond donors (Lipinski definition) is 1. The first-order chi connectivity index (χ1) is 9.15. The van der Waals surface area contributed by atoms with E-state index in [-0.39, 0.29) is 11.9 Å². The summed E-state index contributed by atoms with van der Waals surface area (Å²) in [6, 6.07) is 6.36. The zero-order chi connectivity index (χ0) is 13.4. The smallest absolute Gasteiger partial charge is 0.253 e. The molecule has 1 aromatic rings. The summed E-state index contributed by atoms with van der Waals surface area (Å²) < 4.78 is 0. The van der Waals surface area contributed by atoms with Crippen LogP contribution in [0.3, 0.4) is 0 Å². The van der Waals surface area contributed by atoms with Crippen LogP contribution in [0, 0.1) is 0 Å². The predicted molar refractivity (Wildman–Crippen MR) is 76.5 cm³/mol. The number of piperidine rings is 1. The van der Waals surface area contributed by atoms with Gasteiger partial charge in [0.05, 0.1) is 0 Å². The van der Waals surface area contributed by atoms with Crippen LogP contribution < -0.4 is 10.6 Å². The van der Waals surface area contributed by atoms with Crippen LogP contribution in [-0.2, 0) is 6.42 Å². The molecule has 2 aliphatic rings. The molecule has 3 rings (SSSR count). The molecule has 0 spiro atoms. The molecular weight excluding hydrogens is 238 g/mol. The van der Waals surface area contributed by atoms with Crippen LogP contribution in [0.4, 0.5) is 5.69 Å². The van der Waals surface area contributed by atoms with Gasteiger partial charge in [-0.1, -0.05) is 0 Å². The molecule has 0 aromatic heterocycles. The lowest BCUT2D eigenvalue weighted by Gasteiger charge is -2.30. The highest BCUT2D eigenvalue weighted by atomic mass is 16.2. The quantitative estimate of drug-likeness (QED) is 0.825. The minimum absolute atomic E-state index is 0.157. The van der Waals surface area contributed by atoms with Gasteiger partial charge in [0, 0.05) is 44.0 Å². The third kappa shape index (κ3) is 2.32. The molecular formula is C15H21N3O. The first-order valence-corrected chi connectivity index (χ1v) is 7.04. The predicted octanol–water partition coefficient (Wildman–Crippen LogP) is 1.24. The molecule has 0 bridgehead atoms. The summed E-state index contributed by atoms with van der Waals surface area (Å²) in [6.45, 7) is 2.62. The molecule has 2 heterocycles. The average Bonchev–Trinajstić information content (AvgIpc) is 2.80. The Bertz CT molecular complexity index is 492. The van der Waals surface area contributed by atoms with E-state index in [4.69, 9.17) is 5.73 Å². The van der Waals surface area contributed by atoms with Gasteiger partial charge in [-0.25, -0.2) is 0 Å². The molecule has 2 aliphatic heterocycles. The van der Waals surface area contributed by atoms with Crippen molar-refractivity contribution in [3.8, 4) is 0 Å². The summed E-state index contributed by atoms with van der Waals surface area (Å²) in [5, 5.41) is 0. The molecule has 2 N–H and O–H groups in total. The summed E-state index contributed by atoms with van der Waals surface area (Å²) in [4.78, 5) is 16.6. The van der Waals surface area contributed by atoms with Crippen LogP contribution in [0.15, 0.2) is 18.2 Å². The van der Waals surface area contributed by atoms with Crippen LogP contribution in [-0.4, -0.2) is 43.5 Å². The molecule has 0 saturated carbocycles. The van der Waals surface area contributed by atoms with Crippen molar-refractivity contribution < 1.29 is 4.79 Å². The Labute approximate surface area is 114 Å². The number of amides is 1. The topological polar surface area (TPSA) is 49.6 Å². The van der Waals surface area contributed by atoms with E-state index in [1.807, 2.05) is 11.0 Å². The molecule has 1 fully saturated rings. The van der Waals surface area contributed by atoms with Crippen LogP contribution in [0.5, 0.6) is 0 Å². The van der Waals surface area contributed by atoms with Gasteiger partial charge in [0.15, 0.2) is 0 Å². The Morgan fingerprint density at radius 2 is 2.00 bits per heavy atom. The van der Waals surface area contributed by atoms with E-state index < -0.39 is 0 Å². The second-order valence-corrected chi connectivity index (χ2v) is 5.64. The summed E-state index contributed by atoms with van der Waals surface area (Å²) in [7, 11) is 2.10. The fraction of sp³-hybridized carbons (Fsp3) is 0.533. The van der Waals surface area contributed by atoms with E-state index in [1.165, 1.54) is 11.3 Å². The van der Waals surface area contributed by atoms with Crippen LogP contribution >= 0.6 is 0 Å². The number of likely N-dealkylation sites (tertiary alicyclic amines) is 1. The maximum absolute atomic E-state index is 12.5. The summed E-state index contributed by atoms with van der Waals surface area (Å²) in [5.74, 6) is 0.157. The van der Waals surface area contributed by atoms with E-state index >= 15 is 0 Å². The van der Waals surface area contributed by atoms with Gasteiger partial charge in [-0.2, -0.15) is 0 Å². The van der Waals surface area contributed by atoms with Gasteiger partial charge in [-0.3, -0.25) is 4.79 Å². The molecule has 0 unspecified atom stereocenters. The summed E-state index contributed by atoms with van der Waals surface area (Å²) in [6.07, 6.45) is 2.87. The lowest BCUT2D eigenvalue weighted by atomic mass is 10.0. The number of carbonyl (C=O) groups excluding carboxylic acids is 1. The van der Waals surface area contributed by atoms with Crippen molar-refractivity contribution in [2.24, 2.45) is 5.73 Å². The first kappa shape index (κ1) is 12.5. The molecule has 19 heavy (non-hydrogen) atoms. The van der Waals surface area contributed by atoms with Gasteiger partial charge in [0.2, 0.25) is 0 Å². The monoisotopic (exact) mass is 259 g/mol. The Hall–Kier alpha value is -1.55. The highest BCUT2D eigenvalue weighted by Crippen LogP contribution is 2.28. The first-order valence-electron chi connectivity index (χ1n) is 7.04. The second-order valence-electron chi connectivity index (χ2n) is 5.64. The summed E-state index contributed by atoms with van der Waals surface area (Å²) in [5.41, 5.74) is 9.26. The normalized spacial score (nSPS) is 19.7. The average molecular weight is 259 g/mol. The van der Waals surface area contributed by atoms with Crippen molar-refractivity contribution in [2.75, 3.05) is 31.6 Å². The largest absolute Gasteiger partial charge is 0.374 e. The maximum Gasteiger partial charge on any atom is 0.253 e. The fourth-order valence-electron chi connectivity index (χ4n) is 2.98. The standard InChI is InChI=1S/C15H21N3O/c1-17-7-4-11-10-12(2-3-14(11)17)15(19)18-8-5-13(16)6-9-18/h2-3,10,13H,4-9,16H2,1H3. The minimum atomic E-state index is 0.157. The van der Waals surface area contributed by atoms with Gasteiger partial charge in [-0.15, -0.1) is 0 Å². The molecule has 4 heteroatoms. The number of nitrogens with two attached hydrogens (primary N) is 1. The van der Waals surface area contributed by atoms with E-state index in [2.05, 4.69) is 24.1 Å². The van der Waals surface area contributed by atoms with Gasteiger partial charge >= 0.3 is 0 Å². The fourth-order valence-corrected chi connectivity index (χ4v) is 2.98. The number of fused-ring (bicyclic) bond motifs is 1. The number of likely N-dealkylation sites (N-methyl/N-ethyl adjacent to an activating group) is 1. The second kappa shape index (κ2) is 4.85. The minimum Gasteiger partial charge on any atom is -0.374 e. The van der Waals surface area contributed by atoms with Crippen LogP contribution in [0.1, 0.15) is 28.8 Å². The third-order valence-electron chi connectivity index (χ3n) is 4.28. The Morgan fingerprint density at radius 3 is 2.74 bits per heavy atom. The highest BCUT2D eigenvalue weighted by Gasteiger charge is 2.23. The molecule has 1 saturated heterocycles. The van der Waals surface area contributed by atoms with Gasteiger partial charge in [-0.05, 0) is 43.0 Å². The zero-order valence-electron chi connectivity index (χ0n) is 11.4. The number of benzene rings is 1. The SMILES string of the molecule is CN1CCc2cc(C(=O)N3CCC(N)CC3)ccc21.